The molecule has 0 aliphatic rings. The zero-order valence-electron chi connectivity index (χ0n) is 7.35. The first kappa shape index (κ1) is 12.0. The molecule has 0 aromatic carbocycles. The van der Waals surface area contributed by atoms with Crippen LogP contribution in [0.3, 0.4) is 0 Å². The fraction of sp³-hybridized carbons (Fsp3) is 1.00. The van der Waals surface area contributed by atoms with Crippen LogP contribution in [0.5, 0.6) is 0 Å². The molecule has 1 unspecified atom stereocenters. The zero-order chi connectivity index (χ0) is 9.61. The first-order valence-corrected chi connectivity index (χ1v) is 4.85. The van der Waals surface area contributed by atoms with Crippen LogP contribution in [0.1, 0.15) is 13.8 Å². The van der Waals surface area contributed by atoms with E-state index in [9.17, 15) is 4.57 Å². The minimum Gasteiger partial charge on any atom is -0.288 e. The second-order valence-electron chi connectivity index (χ2n) is 2.49. The molecule has 0 heterocycles. The van der Waals surface area contributed by atoms with Gasteiger partial charge in [0.25, 0.3) is 0 Å². The minimum absolute atomic E-state index is 0.257. The number of nitrogens with two attached hydrogens (primary N) is 1. The van der Waals surface area contributed by atoms with E-state index >= 15 is 0 Å². The molecule has 0 bridgehead atoms. The van der Waals surface area contributed by atoms with Gasteiger partial charge in [-0.05, 0) is 5.92 Å². The molecule has 0 aliphatic heterocycles. The van der Waals surface area contributed by atoms with Crippen LogP contribution in [0.2, 0.25) is 0 Å². The predicted octanol–water partition coefficient (Wildman–Crippen LogP) is 1.24. The van der Waals surface area contributed by atoms with Gasteiger partial charge in [0.2, 0.25) is 0 Å². The summed E-state index contributed by atoms with van der Waals surface area (Å²) in [6.07, 6.45) is 0. The quantitative estimate of drug-likeness (QED) is 0.393. The molecule has 1 atom stereocenters. The summed E-state index contributed by atoms with van der Waals surface area (Å²) in [5.41, 5.74) is 0. The molecule has 74 valence electrons. The van der Waals surface area contributed by atoms with Crippen LogP contribution in [-0.2, 0) is 23.3 Å². The molecule has 0 fully saturated rings. The fourth-order valence-electron chi connectivity index (χ4n) is 0.322. The van der Waals surface area contributed by atoms with E-state index in [0.717, 1.165) is 7.11 Å². The van der Waals surface area contributed by atoms with E-state index in [1.54, 1.807) is 0 Å². The standard InChI is InChI=1S/C5H14NO5P/c1-5(2)4-9-11-12(7,8-3)10-6/h5H,4,6H2,1-3H3. The molecule has 0 aromatic heterocycles. The maximum atomic E-state index is 11.0. The van der Waals surface area contributed by atoms with Gasteiger partial charge in [-0.15, -0.1) is 4.67 Å². The van der Waals surface area contributed by atoms with Crippen molar-refractivity contribution in [3.8, 4) is 0 Å². The molecule has 0 amide bonds. The third kappa shape index (κ3) is 4.82. The van der Waals surface area contributed by atoms with Crippen LogP contribution in [0.4, 0.5) is 0 Å². The minimum atomic E-state index is -3.68. The van der Waals surface area contributed by atoms with Gasteiger partial charge in [0.05, 0.1) is 6.61 Å². The Morgan fingerprint density at radius 2 is 2.08 bits per heavy atom. The van der Waals surface area contributed by atoms with Crippen LogP contribution in [-0.4, -0.2) is 13.7 Å². The molecule has 12 heavy (non-hydrogen) atoms. The van der Waals surface area contributed by atoms with Crippen LogP contribution < -0.4 is 5.90 Å². The molecule has 0 aromatic rings. The van der Waals surface area contributed by atoms with Crippen molar-refractivity contribution in [2.75, 3.05) is 13.7 Å². The predicted molar refractivity (Wildman–Crippen MR) is 41.8 cm³/mol. The third-order valence-electron chi connectivity index (χ3n) is 0.898. The van der Waals surface area contributed by atoms with Crippen LogP contribution >= 0.6 is 7.82 Å². The smallest absolute Gasteiger partial charge is 0.288 e. The van der Waals surface area contributed by atoms with E-state index < -0.39 is 7.82 Å². The van der Waals surface area contributed by atoms with Crippen molar-refractivity contribution in [1.82, 2.24) is 0 Å². The monoisotopic (exact) mass is 199 g/mol. The first-order chi connectivity index (χ1) is 5.54. The SMILES string of the molecule is COP(=O)(ON)OOCC(C)C. The van der Waals surface area contributed by atoms with Gasteiger partial charge in [0.15, 0.2) is 0 Å². The lowest BCUT2D eigenvalue weighted by Crippen LogP contribution is -2.06. The van der Waals surface area contributed by atoms with Gasteiger partial charge < -0.3 is 0 Å². The van der Waals surface area contributed by atoms with Gasteiger partial charge in [-0.1, -0.05) is 13.8 Å². The summed E-state index contributed by atoms with van der Waals surface area (Å²) in [6, 6.07) is 0. The van der Waals surface area contributed by atoms with Crippen molar-refractivity contribution in [3.05, 3.63) is 0 Å². The van der Waals surface area contributed by atoms with Crippen molar-refractivity contribution < 1.29 is 23.3 Å². The van der Waals surface area contributed by atoms with Crippen molar-refractivity contribution in [2.24, 2.45) is 11.8 Å². The summed E-state index contributed by atoms with van der Waals surface area (Å²) >= 11 is 0. The van der Waals surface area contributed by atoms with E-state index in [-0.39, 0.29) is 12.5 Å². The summed E-state index contributed by atoms with van der Waals surface area (Å²) in [4.78, 5) is 4.55. The lowest BCUT2D eigenvalue weighted by Gasteiger charge is -2.11. The van der Waals surface area contributed by atoms with Crippen molar-refractivity contribution in [1.29, 1.82) is 0 Å². The Bertz CT molecular complexity index is 154. The van der Waals surface area contributed by atoms with Gasteiger partial charge >= 0.3 is 7.82 Å². The molecular formula is C5H14NO5P. The molecule has 0 rings (SSSR count). The van der Waals surface area contributed by atoms with Gasteiger partial charge in [-0.2, -0.15) is 4.62 Å². The molecule has 0 spiro atoms. The molecule has 0 saturated carbocycles. The summed E-state index contributed by atoms with van der Waals surface area (Å²) in [5, 5.41) is 0. The molecule has 7 heteroatoms. The Balaban J connectivity index is 3.67. The number of hydrogen-bond donors (Lipinski definition) is 1. The second kappa shape index (κ2) is 5.64. The topological polar surface area (TPSA) is 80.0 Å². The highest BCUT2D eigenvalue weighted by Crippen LogP contribution is 2.46. The summed E-state index contributed by atoms with van der Waals surface area (Å²) in [7, 11) is -2.54. The second-order valence-corrected chi connectivity index (χ2v) is 4.11. The molecule has 0 saturated heterocycles. The molecule has 0 aliphatic carbocycles. The van der Waals surface area contributed by atoms with Crippen molar-refractivity contribution >= 4 is 7.82 Å². The fourth-order valence-corrected chi connectivity index (χ4v) is 0.694. The highest BCUT2D eigenvalue weighted by Gasteiger charge is 2.25. The Morgan fingerprint density at radius 3 is 2.42 bits per heavy atom. The number of phosphoric acid groups is 1. The third-order valence-corrected chi connectivity index (χ3v) is 1.89. The Morgan fingerprint density at radius 1 is 1.50 bits per heavy atom. The maximum Gasteiger partial charge on any atom is 0.518 e. The van der Waals surface area contributed by atoms with E-state index in [4.69, 9.17) is 0 Å². The van der Waals surface area contributed by atoms with Crippen LogP contribution in [0.25, 0.3) is 0 Å². The molecular weight excluding hydrogens is 185 g/mol. The largest absolute Gasteiger partial charge is 0.518 e. The Labute approximate surface area is 71.4 Å². The highest BCUT2D eigenvalue weighted by atomic mass is 31.2. The number of hydrogen-bond acceptors (Lipinski definition) is 6. The molecule has 2 N–H and O–H groups in total. The van der Waals surface area contributed by atoms with Gasteiger partial charge in [0.1, 0.15) is 0 Å². The van der Waals surface area contributed by atoms with E-state index in [1.807, 2.05) is 13.8 Å². The normalized spacial score (nSPS) is 16.4. The van der Waals surface area contributed by atoms with E-state index in [0.29, 0.717) is 0 Å². The molecule has 6 nitrogen and oxygen atoms in total. The van der Waals surface area contributed by atoms with E-state index in [2.05, 4.69) is 24.6 Å². The zero-order valence-corrected chi connectivity index (χ0v) is 8.24. The van der Waals surface area contributed by atoms with Crippen molar-refractivity contribution in [2.45, 2.75) is 13.8 Å². The lowest BCUT2D eigenvalue weighted by atomic mass is 10.2. The Hall–Kier alpha value is 0.0300. The average Bonchev–Trinajstić information content (AvgIpc) is 2.03. The highest BCUT2D eigenvalue weighted by molar-refractivity contribution is 7.48. The van der Waals surface area contributed by atoms with Gasteiger partial charge in [-0.25, -0.2) is 15.3 Å². The summed E-state index contributed by atoms with van der Waals surface area (Å²) in [5.74, 6) is 4.90. The number of rotatable bonds is 6. The van der Waals surface area contributed by atoms with Gasteiger partial charge in [-0.3, -0.25) is 4.52 Å². The average molecular weight is 199 g/mol. The van der Waals surface area contributed by atoms with Crippen LogP contribution in [0, 0.1) is 5.92 Å². The van der Waals surface area contributed by atoms with Crippen molar-refractivity contribution in [3.63, 3.8) is 0 Å². The van der Waals surface area contributed by atoms with Crippen LogP contribution in [0.15, 0.2) is 0 Å². The summed E-state index contributed by atoms with van der Waals surface area (Å²) < 4.78 is 23.6. The Kier molecular flexibility index (Phi) is 5.65. The van der Waals surface area contributed by atoms with E-state index in [1.165, 1.54) is 0 Å². The summed E-state index contributed by atoms with van der Waals surface area (Å²) in [6.45, 7) is 4.10. The lowest BCUT2D eigenvalue weighted by molar-refractivity contribution is -0.232. The maximum absolute atomic E-state index is 11.0. The van der Waals surface area contributed by atoms with Gasteiger partial charge in [0, 0.05) is 7.11 Å². The molecule has 0 radical (unpaired) electrons. The first-order valence-electron chi connectivity index (χ1n) is 3.39.